The van der Waals surface area contributed by atoms with Crippen molar-refractivity contribution in [1.29, 1.82) is 0 Å². The summed E-state index contributed by atoms with van der Waals surface area (Å²) in [6.07, 6.45) is 0.981. The molecule has 4 heteroatoms. The van der Waals surface area contributed by atoms with Gasteiger partial charge in [0.15, 0.2) is 0 Å². The number of nitrogens with zero attached hydrogens (tertiary/aromatic N) is 1. The minimum Gasteiger partial charge on any atom is -0.309 e. The quantitative estimate of drug-likeness (QED) is 0.884. The zero-order valence-corrected chi connectivity index (χ0v) is 13.7. The topological polar surface area (TPSA) is 24.9 Å². The van der Waals surface area contributed by atoms with Crippen molar-refractivity contribution < 1.29 is 0 Å². The molecule has 1 N–H and O–H groups in total. The second kappa shape index (κ2) is 6.16. The van der Waals surface area contributed by atoms with Crippen molar-refractivity contribution in [3.05, 3.63) is 38.5 Å². The molecule has 1 atom stereocenters. The van der Waals surface area contributed by atoms with Crippen LogP contribution in [0.2, 0.25) is 0 Å². The van der Waals surface area contributed by atoms with Crippen LogP contribution >= 0.6 is 22.7 Å². The predicted molar refractivity (Wildman–Crippen MR) is 85.3 cm³/mol. The smallest absolute Gasteiger partial charge is 0.0947 e. The molecule has 0 aromatic carbocycles. The maximum absolute atomic E-state index is 4.80. The number of nitrogens with one attached hydrogen (secondary N) is 1. The second-order valence-corrected chi connectivity index (χ2v) is 7.63. The molecule has 0 aliphatic rings. The van der Waals surface area contributed by atoms with E-state index in [0.29, 0.717) is 6.04 Å². The highest BCUT2D eigenvalue weighted by molar-refractivity contribution is 7.10. The van der Waals surface area contributed by atoms with Crippen molar-refractivity contribution >= 4 is 22.7 Å². The maximum Gasteiger partial charge on any atom is 0.0947 e. The van der Waals surface area contributed by atoms with E-state index in [1.165, 1.54) is 15.6 Å². The van der Waals surface area contributed by atoms with Crippen LogP contribution < -0.4 is 5.32 Å². The van der Waals surface area contributed by atoms with Crippen LogP contribution in [0.25, 0.3) is 0 Å². The lowest BCUT2D eigenvalue weighted by Gasteiger charge is -2.16. The normalized spacial score (nSPS) is 13.7. The van der Waals surface area contributed by atoms with E-state index in [1.807, 2.05) is 11.3 Å². The van der Waals surface area contributed by atoms with Crippen LogP contribution in [-0.2, 0) is 11.8 Å². The van der Waals surface area contributed by atoms with E-state index < -0.39 is 0 Å². The number of thiazole rings is 1. The minimum atomic E-state index is 0.144. The van der Waals surface area contributed by atoms with Crippen LogP contribution in [0, 0.1) is 0 Å². The van der Waals surface area contributed by atoms with Crippen molar-refractivity contribution in [3.63, 3.8) is 0 Å². The van der Waals surface area contributed by atoms with Gasteiger partial charge in [0.05, 0.1) is 10.7 Å². The summed E-state index contributed by atoms with van der Waals surface area (Å²) >= 11 is 3.60. The highest BCUT2D eigenvalue weighted by atomic mass is 32.1. The van der Waals surface area contributed by atoms with Crippen LogP contribution in [0.3, 0.4) is 0 Å². The third kappa shape index (κ3) is 3.88. The number of aromatic nitrogens is 1. The lowest BCUT2D eigenvalue weighted by molar-refractivity contribution is 0.545. The molecule has 0 spiro atoms. The molecule has 0 saturated heterocycles. The number of hydrogen-bond donors (Lipinski definition) is 1. The third-order valence-corrected chi connectivity index (χ3v) is 4.89. The largest absolute Gasteiger partial charge is 0.309 e. The van der Waals surface area contributed by atoms with Gasteiger partial charge in [-0.3, -0.25) is 0 Å². The summed E-state index contributed by atoms with van der Waals surface area (Å²) in [5.74, 6) is 0. The van der Waals surface area contributed by atoms with E-state index in [2.05, 4.69) is 55.9 Å². The molecule has 2 heterocycles. The van der Waals surface area contributed by atoms with Gasteiger partial charge in [0.2, 0.25) is 0 Å². The second-order valence-electron chi connectivity index (χ2n) is 5.71. The number of rotatable bonds is 5. The Morgan fingerprint density at radius 3 is 2.63 bits per heavy atom. The fourth-order valence-corrected chi connectivity index (χ4v) is 3.80. The number of hydrogen-bond acceptors (Lipinski definition) is 4. The average Bonchev–Trinajstić information content (AvgIpc) is 2.98. The van der Waals surface area contributed by atoms with Crippen molar-refractivity contribution in [2.24, 2.45) is 0 Å². The Hall–Kier alpha value is -0.710. The summed E-state index contributed by atoms with van der Waals surface area (Å²) in [6.45, 7) is 9.79. The van der Waals surface area contributed by atoms with Gasteiger partial charge in [-0.2, -0.15) is 0 Å². The molecule has 2 nitrogen and oxygen atoms in total. The van der Waals surface area contributed by atoms with Crippen LogP contribution in [0.1, 0.15) is 49.3 Å². The Morgan fingerprint density at radius 2 is 2.11 bits per heavy atom. The molecular formula is C15H22N2S2. The molecule has 0 bridgehead atoms. The van der Waals surface area contributed by atoms with Gasteiger partial charge in [-0.15, -0.1) is 22.7 Å². The van der Waals surface area contributed by atoms with Gasteiger partial charge < -0.3 is 5.32 Å². The van der Waals surface area contributed by atoms with Gasteiger partial charge in [0.25, 0.3) is 0 Å². The molecule has 0 fully saturated rings. The first-order chi connectivity index (χ1) is 9.00. The van der Waals surface area contributed by atoms with Crippen molar-refractivity contribution in [3.8, 4) is 0 Å². The van der Waals surface area contributed by atoms with Crippen LogP contribution in [0.5, 0.6) is 0 Å². The fraction of sp³-hybridized carbons (Fsp3) is 0.533. The Bertz CT molecular complexity index is 494. The van der Waals surface area contributed by atoms with Crippen LogP contribution in [-0.4, -0.2) is 11.5 Å². The molecule has 104 valence electrons. The highest BCUT2D eigenvalue weighted by Crippen LogP contribution is 2.28. The molecule has 0 saturated carbocycles. The summed E-state index contributed by atoms with van der Waals surface area (Å²) in [7, 11) is 0. The average molecular weight is 294 g/mol. The monoisotopic (exact) mass is 294 g/mol. The molecule has 0 radical (unpaired) electrons. The first kappa shape index (κ1) is 14.7. The summed E-state index contributed by atoms with van der Waals surface area (Å²) in [5, 5.41) is 9.13. The van der Waals surface area contributed by atoms with E-state index >= 15 is 0 Å². The standard InChI is InChI=1S/C15H22N2S2/c1-5-16-11(12-7-6-8-18-12)9-14-17-13(10-19-14)15(2,3)4/h6-8,10-11,16H,5,9H2,1-4H3. The van der Waals surface area contributed by atoms with E-state index in [-0.39, 0.29) is 5.41 Å². The Morgan fingerprint density at radius 1 is 1.32 bits per heavy atom. The SMILES string of the molecule is CCNC(Cc1nc(C(C)(C)C)cs1)c1cccs1. The summed E-state index contributed by atoms with van der Waals surface area (Å²) < 4.78 is 0. The summed E-state index contributed by atoms with van der Waals surface area (Å²) in [6, 6.07) is 4.72. The summed E-state index contributed by atoms with van der Waals surface area (Å²) in [5.41, 5.74) is 1.35. The molecule has 0 aliphatic carbocycles. The maximum atomic E-state index is 4.80. The van der Waals surface area contributed by atoms with E-state index in [9.17, 15) is 0 Å². The van der Waals surface area contributed by atoms with Crippen molar-refractivity contribution in [1.82, 2.24) is 10.3 Å². The zero-order valence-electron chi connectivity index (χ0n) is 12.1. The van der Waals surface area contributed by atoms with E-state index in [1.54, 1.807) is 11.3 Å². The Kier molecular flexibility index (Phi) is 4.76. The fourth-order valence-electron chi connectivity index (χ4n) is 1.93. The highest BCUT2D eigenvalue weighted by Gasteiger charge is 2.19. The molecule has 2 rings (SSSR count). The molecule has 19 heavy (non-hydrogen) atoms. The molecule has 2 aromatic rings. The number of thiophene rings is 1. The lowest BCUT2D eigenvalue weighted by atomic mass is 9.93. The van der Waals surface area contributed by atoms with Crippen molar-refractivity contribution in [2.45, 2.75) is 45.6 Å². The van der Waals surface area contributed by atoms with Gasteiger partial charge in [-0.25, -0.2) is 4.98 Å². The van der Waals surface area contributed by atoms with E-state index in [4.69, 9.17) is 4.98 Å². The molecular weight excluding hydrogens is 272 g/mol. The van der Waals surface area contributed by atoms with E-state index in [0.717, 1.165) is 13.0 Å². The van der Waals surface area contributed by atoms with Gasteiger partial charge in [-0.05, 0) is 18.0 Å². The van der Waals surface area contributed by atoms with Gasteiger partial charge >= 0.3 is 0 Å². The van der Waals surface area contributed by atoms with Gasteiger partial charge in [0.1, 0.15) is 0 Å². The third-order valence-electron chi connectivity index (χ3n) is 3.04. The first-order valence-corrected chi connectivity index (χ1v) is 8.48. The zero-order chi connectivity index (χ0) is 13.9. The van der Waals surface area contributed by atoms with Gasteiger partial charge in [0, 0.05) is 28.1 Å². The predicted octanol–water partition coefficient (Wildman–Crippen LogP) is 4.40. The van der Waals surface area contributed by atoms with Crippen LogP contribution in [0.15, 0.2) is 22.9 Å². The van der Waals surface area contributed by atoms with Crippen molar-refractivity contribution in [2.75, 3.05) is 6.54 Å². The first-order valence-electron chi connectivity index (χ1n) is 6.72. The summed E-state index contributed by atoms with van der Waals surface area (Å²) in [4.78, 5) is 6.19. The molecule has 0 aliphatic heterocycles. The Balaban J connectivity index is 2.11. The minimum absolute atomic E-state index is 0.144. The van der Waals surface area contributed by atoms with Gasteiger partial charge in [-0.1, -0.05) is 33.8 Å². The van der Waals surface area contributed by atoms with Crippen LogP contribution in [0.4, 0.5) is 0 Å². The number of likely N-dealkylation sites (N-methyl/N-ethyl adjacent to an activating group) is 1. The molecule has 2 aromatic heterocycles. The molecule has 0 amide bonds. The Labute approximate surface area is 123 Å². The molecule has 1 unspecified atom stereocenters. The lowest BCUT2D eigenvalue weighted by Crippen LogP contribution is -2.22.